The Balaban J connectivity index is 1.75. The van der Waals surface area contributed by atoms with Gasteiger partial charge < -0.3 is 15.4 Å². The minimum atomic E-state index is 0.699. The second-order valence-electron chi connectivity index (χ2n) is 5.67. The molecular formula is C19H28N4OS. The van der Waals surface area contributed by atoms with Gasteiger partial charge in [0.25, 0.3) is 0 Å². The van der Waals surface area contributed by atoms with Crippen LogP contribution in [0.4, 0.5) is 0 Å². The van der Waals surface area contributed by atoms with Gasteiger partial charge in [-0.15, -0.1) is 11.3 Å². The lowest BCUT2D eigenvalue weighted by atomic mass is 10.1. The van der Waals surface area contributed by atoms with Crippen LogP contribution in [-0.2, 0) is 19.4 Å². The zero-order valence-electron chi connectivity index (χ0n) is 15.3. The van der Waals surface area contributed by atoms with Gasteiger partial charge in [-0.2, -0.15) is 0 Å². The Hall–Kier alpha value is -2.08. The van der Waals surface area contributed by atoms with Crippen molar-refractivity contribution in [2.24, 2.45) is 4.99 Å². The van der Waals surface area contributed by atoms with Gasteiger partial charge in [0, 0.05) is 24.7 Å². The third-order valence-electron chi connectivity index (χ3n) is 3.66. The number of hydrogen-bond acceptors (Lipinski definition) is 4. The summed E-state index contributed by atoms with van der Waals surface area (Å²) in [5.74, 6) is 1.74. The minimum absolute atomic E-state index is 0.699. The first kappa shape index (κ1) is 19.2. The standard InChI is InChI=1S/C19H28N4OS/c1-4-11-24-16-8-6-7-15(12-16)9-10-21-19(20-3)23-14-18-22-13-17(5-2)25-18/h6-8,12-13H,4-5,9-11,14H2,1-3H3,(H2,20,21,23). The van der Waals surface area contributed by atoms with Gasteiger partial charge in [0.2, 0.25) is 0 Å². The van der Waals surface area contributed by atoms with Crippen molar-refractivity contribution in [3.63, 3.8) is 0 Å². The van der Waals surface area contributed by atoms with Crippen LogP contribution >= 0.6 is 11.3 Å². The Labute approximate surface area is 154 Å². The maximum atomic E-state index is 5.68. The molecule has 2 N–H and O–H groups in total. The summed E-state index contributed by atoms with van der Waals surface area (Å²) in [4.78, 5) is 9.99. The van der Waals surface area contributed by atoms with Crippen molar-refractivity contribution >= 4 is 17.3 Å². The van der Waals surface area contributed by atoms with Gasteiger partial charge in [0.15, 0.2) is 5.96 Å². The van der Waals surface area contributed by atoms with Gasteiger partial charge in [-0.3, -0.25) is 4.99 Å². The predicted molar refractivity (Wildman–Crippen MR) is 106 cm³/mol. The third-order valence-corrected chi connectivity index (χ3v) is 4.80. The molecule has 0 radical (unpaired) electrons. The third kappa shape index (κ3) is 6.74. The molecule has 1 aromatic carbocycles. The molecule has 0 aliphatic carbocycles. The van der Waals surface area contributed by atoms with E-state index in [1.807, 2.05) is 18.3 Å². The summed E-state index contributed by atoms with van der Waals surface area (Å²) >= 11 is 1.74. The monoisotopic (exact) mass is 360 g/mol. The van der Waals surface area contributed by atoms with E-state index >= 15 is 0 Å². The maximum Gasteiger partial charge on any atom is 0.191 e. The molecule has 0 unspecified atom stereocenters. The van der Waals surface area contributed by atoms with Crippen molar-refractivity contribution < 1.29 is 4.74 Å². The van der Waals surface area contributed by atoms with E-state index in [0.717, 1.165) is 49.1 Å². The van der Waals surface area contributed by atoms with E-state index in [9.17, 15) is 0 Å². The van der Waals surface area contributed by atoms with Gasteiger partial charge in [0.1, 0.15) is 10.8 Å². The zero-order valence-corrected chi connectivity index (χ0v) is 16.2. The number of aromatic nitrogens is 1. The zero-order chi connectivity index (χ0) is 17.9. The van der Waals surface area contributed by atoms with Gasteiger partial charge in [-0.25, -0.2) is 4.98 Å². The summed E-state index contributed by atoms with van der Waals surface area (Å²) in [7, 11) is 1.79. The molecule has 25 heavy (non-hydrogen) atoms. The maximum absolute atomic E-state index is 5.68. The van der Waals surface area contributed by atoms with Crippen molar-refractivity contribution in [1.82, 2.24) is 15.6 Å². The molecule has 0 saturated heterocycles. The highest BCUT2D eigenvalue weighted by molar-refractivity contribution is 7.11. The Kier molecular flexibility index (Phi) is 8.25. The largest absolute Gasteiger partial charge is 0.494 e. The summed E-state index contributed by atoms with van der Waals surface area (Å²) in [6.07, 6.45) is 4.92. The molecule has 6 heteroatoms. The Morgan fingerprint density at radius 3 is 2.88 bits per heavy atom. The minimum Gasteiger partial charge on any atom is -0.494 e. The second-order valence-corrected chi connectivity index (χ2v) is 6.87. The summed E-state index contributed by atoms with van der Waals surface area (Å²) in [6, 6.07) is 8.28. The van der Waals surface area contributed by atoms with Crippen molar-refractivity contribution in [2.45, 2.75) is 39.7 Å². The normalized spacial score (nSPS) is 11.4. The molecule has 0 atom stereocenters. The molecule has 0 spiro atoms. The lowest BCUT2D eigenvalue weighted by Gasteiger charge is -2.11. The molecule has 1 heterocycles. The van der Waals surface area contributed by atoms with E-state index in [4.69, 9.17) is 4.74 Å². The SMILES string of the molecule is CCCOc1cccc(CCNC(=NC)NCc2ncc(CC)s2)c1. The van der Waals surface area contributed by atoms with Gasteiger partial charge in [-0.1, -0.05) is 26.0 Å². The Bertz CT molecular complexity index is 669. The Morgan fingerprint density at radius 1 is 1.28 bits per heavy atom. The first-order valence-corrected chi connectivity index (χ1v) is 9.66. The van der Waals surface area contributed by atoms with Crippen molar-refractivity contribution in [3.8, 4) is 5.75 Å². The Morgan fingerprint density at radius 2 is 2.16 bits per heavy atom. The van der Waals surface area contributed by atoms with E-state index in [-0.39, 0.29) is 0 Å². The molecule has 0 aliphatic heterocycles. The topological polar surface area (TPSA) is 58.5 Å². The molecule has 2 rings (SSSR count). The lowest BCUT2D eigenvalue weighted by Crippen LogP contribution is -2.37. The van der Waals surface area contributed by atoms with Crippen LogP contribution in [0.25, 0.3) is 0 Å². The number of thiazole rings is 1. The summed E-state index contributed by atoms with van der Waals surface area (Å²) in [5, 5.41) is 7.74. The number of guanidine groups is 1. The molecule has 0 fully saturated rings. The fraction of sp³-hybridized carbons (Fsp3) is 0.474. The quantitative estimate of drug-likeness (QED) is 0.531. The van der Waals surface area contributed by atoms with Crippen LogP contribution in [0.1, 0.15) is 35.7 Å². The van der Waals surface area contributed by atoms with Gasteiger partial charge in [0.05, 0.1) is 13.2 Å². The number of aryl methyl sites for hydroxylation is 1. The summed E-state index contributed by atoms with van der Waals surface area (Å²) < 4.78 is 5.68. The number of aliphatic imine (C=N–C) groups is 1. The van der Waals surface area contributed by atoms with Crippen LogP contribution in [0.2, 0.25) is 0 Å². The van der Waals surface area contributed by atoms with Crippen molar-refractivity contribution in [1.29, 1.82) is 0 Å². The first-order valence-electron chi connectivity index (χ1n) is 8.85. The fourth-order valence-electron chi connectivity index (χ4n) is 2.31. The second kappa shape index (κ2) is 10.7. The van der Waals surface area contributed by atoms with Crippen molar-refractivity contribution in [2.75, 3.05) is 20.2 Å². The van der Waals surface area contributed by atoms with E-state index in [0.29, 0.717) is 6.54 Å². The van der Waals surface area contributed by atoms with E-state index < -0.39 is 0 Å². The number of nitrogens with one attached hydrogen (secondary N) is 2. The van der Waals surface area contributed by atoms with Crippen molar-refractivity contribution in [3.05, 3.63) is 45.9 Å². The number of hydrogen-bond donors (Lipinski definition) is 2. The predicted octanol–water partition coefficient (Wildman–Crippen LogP) is 3.40. The number of nitrogens with zero attached hydrogens (tertiary/aromatic N) is 2. The molecule has 5 nitrogen and oxygen atoms in total. The molecule has 0 amide bonds. The van der Waals surface area contributed by atoms with Crippen LogP contribution in [-0.4, -0.2) is 31.1 Å². The van der Waals surface area contributed by atoms with E-state index in [1.165, 1.54) is 10.4 Å². The highest BCUT2D eigenvalue weighted by Crippen LogP contribution is 2.14. The van der Waals surface area contributed by atoms with Gasteiger partial charge >= 0.3 is 0 Å². The lowest BCUT2D eigenvalue weighted by molar-refractivity contribution is 0.317. The van der Waals surface area contributed by atoms with E-state index in [1.54, 1.807) is 18.4 Å². The highest BCUT2D eigenvalue weighted by atomic mass is 32.1. The number of ether oxygens (including phenoxy) is 1. The molecular weight excluding hydrogens is 332 g/mol. The number of rotatable bonds is 9. The van der Waals surface area contributed by atoms with Gasteiger partial charge in [-0.05, 0) is 37.0 Å². The van der Waals surface area contributed by atoms with Crippen LogP contribution in [0.5, 0.6) is 5.75 Å². The van der Waals surface area contributed by atoms with Crippen LogP contribution in [0.3, 0.4) is 0 Å². The molecule has 1 aromatic heterocycles. The van der Waals surface area contributed by atoms with Crippen LogP contribution < -0.4 is 15.4 Å². The van der Waals surface area contributed by atoms with E-state index in [2.05, 4.69) is 46.6 Å². The molecule has 0 saturated carbocycles. The smallest absolute Gasteiger partial charge is 0.191 e. The first-order chi connectivity index (χ1) is 12.2. The number of benzene rings is 1. The average molecular weight is 361 g/mol. The molecule has 0 aliphatic rings. The fourth-order valence-corrected chi connectivity index (χ4v) is 3.11. The highest BCUT2D eigenvalue weighted by Gasteiger charge is 2.03. The van der Waals surface area contributed by atoms with Crippen LogP contribution in [0, 0.1) is 0 Å². The molecule has 0 bridgehead atoms. The summed E-state index contributed by atoms with van der Waals surface area (Å²) in [6.45, 7) is 6.53. The molecule has 2 aromatic rings. The summed E-state index contributed by atoms with van der Waals surface area (Å²) in [5.41, 5.74) is 1.25. The van der Waals surface area contributed by atoms with Crippen LogP contribution in [0.15, 0.2) is 35.5 Å². The average Bonchev–Trinajstić information content (AvgIpc) is 3.11. The molecule has 136 valence electrons.